The third kappa shape index (κ3) is 2.71. The van der Waals surface area contributed by atoms with Crippen molar-refractivity contribution in [1.82, 2.24) is 9.55 Å². The molecule has 0 N–H and O–H groups in total. The zero-order chi connectivity index (χ0) is 14.0. The summed E-state index contributed by atoms with van der Waals surface area (Å²) in [5.74, 6) is 1.48. The highest BCUT2D eigenvalue weighted by Crippen LogP contribution is 2.26. The van der Waals surface area contributed by atoms with E-state index in [4.69, 9.17) is 0 Å². The van der Waals surface area contributed by atoms with E-state index in [0.717, 1.165) is 17.5 Å². The Bertz CT molecular complexity index is 616. The number of aliphatic imine (C=N–C) groups is 1. The zero-order valence-electron chi connectivity index (χ0n) is 11.2. The van der Waals surface area contributed by atoms with Gasteiger partial charge in [-0.1, -0.05) is 31.8 Å². The third-order valence-corrected chi connectivity index (χ3v) is 4.30. The Morgan fingerprint density at radius 3 is 3.05 bits per heavy atom. The summed E-state index contributed by atoms with van der Waals surface area (Å²) >= 11 is 1.62. The van der Waals surface area contributed by atoms with Gasteiger partial charge < -0.3 is 0 Å². The molecule has 5 heteroatoms. The van der Waals surface area contributed by atoms with Crippen LogP contribution in [0.15, 0.2) is 34.3 Å². The Hall–Kier alpha value is -1.62. The summed E-state index contributed by atoms with van der Waals surface area (Å²) in [5.41, 5.74) is 1.91. The molecule has 0 fully saturated rings. The SMILES string of the molecule is C=CN=CC(=C)c1nc2n(c(=O)c1C)C[C@H](C)CS2. The van der Waals surface area contributed by atoms with Gasteiger partial charge in [0.1, 0.15) is 0 Å². The van der Waals surface area contributed by atoms with Gasteiger partial charge in [-0.3, -0.25) is 14.4 Å². The second-order valence-electron chi connectivity index (χ2n) is 4.69. The maximum atomic E-state index is 12.4. The van der Waals surface area contributed by atoms with Crippen molar-refractivity contribution in [3.63, 3.8) is 0 Å². The Morgan fingerprint density at radius 2 is 2.37 bits per heavy atom. The van der Waals surface area contributed by atoms with E-state index in [-0.39, 0.29) is 5.56 Å². The fraction of sp³-hybridized carbons (Fsp3) is 0.357. The van der Waals surface area contributed by atoms with Crippen LogP contribution in [0.1, 0.15) is 18.2 Å². The van der Waals surface area contributed by atoms with Gasteiger partial charge in [0.05, 0.1) is 5.69 Å². The van der Waals surface area contributed by atoms with Crippen molar-refractivity contribution in [2.24, 2.45) is 10.9 Å². The Labute approximate surface area is 117 Å². The van der Waals surface area contributed by atoms with E-state index >= 15 is 0 Å². The number of rotatable bonds is 3. The molecule has 1 aromatic heterocycles. The van der Waals surface area contributed by atoms with Gasteiger partial charge in [-0.05, 0) is 12.8 Å². The molecule has 0 radical (unpaired) electrons. The van der Waals surface area contributed by atoms with Crippen LogP contribution in [-0.4, -0.2) is 21.5 Å². The van der Waals surface area contributed by atoms with Crippen molar-refractivity contribution in [3.05, 3.63) is 41.0 Å². The number of aromatic nitrogens is 2. The molecular weight excluding hydrogens is 258 g/mol. The van der Waals surface area contributed by atoms with E-state index in [0.29, 0.717) is 22.7 Å². The number of hydrogen-bond acceptors (Lipinski definition) is 4. The molecule has 1 aliphatic rings. The quantitative estimate of drug-likeness (QED) is 0.629. The summed E-state index contributed by atoms with van der Waals surface area (Å²) in [4.78, 5) is 20.9. The molecule has 0 aromatic carbocycles. The number of nitrogens with zero attached hydrogens (tertiary/aromatic N) is 3. The van der Waals surface area contributed by atoms with Crippen LogP contribution < -0.4 is 5.56 Å². The first kappa shape index (κ1) is 13.8. The van der Waals surface area contributed by atoms with Crippen molar-refractivity contribution in [3.8, 4) is 0 Å². The van der Waals surface area contributed by atoms with Crippen LogP contribution in [0, 0.1) is 12.8 Å². The Balaban J connectivity index is 2.51. The first-order chi connectivity index (χ1) is 9.04. The minimum absolute atomic E-state index is 0.0206. The van der Waals surface area contributed by atoms with Crippen LogP contribution in [-0.2, 0) is 6.54 Å². The topological polar surface area (TPSA) is 47.2 Å². The van der Waals surface area contributed by atoms with Gasteiger partial charge in [0.2, 0.25) is 0 Å². The van der Waals surface area contributed by atoms with Crippen molar-refractivity contribution in [2.75, 3.05) is 5.75 Å². The highest BCUT2D eigenvalue weighted by atomic mass is 32.2. The highest BCUT2D eigenvalue weighted by molar-refractivity contribution is 7.99. The molecule has 19 heavy (non-hydrogen) atoms. The fourth-order valence-electron chi connectivity index (χ4n) is 2.00. The van der Waals surface area contributed by atoms with Crippen LogP contribution >= 0.6 is 11.8 Å². The minimum Gasteiger partial charge on any atom is -0.287 e. The first-order valence-electron chi connectivity index (χ1n) is 6.12. The number of fused-ring (bicyclic) bond motifs is 1. The molecule has 4 nitrogen and oxygen atoms in total. The predicted molar refractivity (Wildman–Crippen MR) is 80.8 cm³/mol. The molecule has 0 saturated carbocycles. The molecule has 2 heterocycles. The van der Waals surface area contributed by atoms with E-state index in [9.17, 15) is 4.79 Å². The smallest absolute Gasteiger partial charge is 0.257 e. The van der Waals surface area contributed by atoms with Crippen LogP contribution in [0.25, 0.3) is 5.57 Å². The van der Waals surface area contributed by atoms with Gasteiger partial charge >= 0.3 is 0 Å². The van der Waals surface area contributed by atoms with E-state index < -0.39 is 0 Å². The fourth-order valence-corrected chi connectivity index (χ4v) is 3.01. The number of allylic oxidation sites excluding steroid dienone is 1. The molecule has 0 unspecified atom stereocenters. The second-order valence-corrected chi connectivity index (χ2v) is 5.67. The predicted octanol–water partition coefficient (Wildman–Crippen LogP) is 2.52. The molecule has 0 saturated heterocycles. The van der Waals surface area contributed by atoms with Crippen LogP contribution in [0.2, 0.25) is 0 Å². The lowest BCUT2D eigenvalue weighted by Gasteiger charge is -2.23. The maximum Gasteiger partial charge on any atom is 0.257 e. The summed E-state index contributed by atoms with van der Waals surface area (Å²) in [6, 6.07) is 0. The van der Waals surface area contributed by atoms with Crippen LogP contribution in [0.3, 0.4) is 0 Å². The average Bonchev–Trinajstić information content (AvgIpc) is 2.40. The standard InChI is InChI=1S/C14H17N3OS/c1-5-15-6-10(3)12-11(4)13(18)17-7-9(2)8-19-14(17)16-12/h5-6,9H,1,3,7-8H2,2,4H3/t9-/m0/s1. The van der Waals surface area contributed by atoms with Crippen molar-refractivity contribution in [2.45, 2.75) is 25.5 Å². The van der Waals surface area contributed by atoms with Gasteiger partial charge in [0.25, 0.3) is 5.56 Å². The normalized spacial score (nSPS) is 18.3. The largest absolute Gasteiger partial charge is 0.287 e. The molecule has 0 bridgehead atoms. The lowest BCUT2D eigenvalue weighted by atomic mass is 10.1. The summed E-state index contributed by atoms with van der Waals surface area (Å²) < 4.78 is 1.76. The molecule has 2 rings (SSSR count). The van der Waals surface area contributed by atoms with Gasteiger partial charge in [0.15, 0.2) is 5.16 Å². The molecule has 100 valence electrons. The van der Waals surface area contributed by atoms with E-state index in [1.807, 2.05) is 0 Å². The molecule has 1 aliphatic heterocycles. The summed E-state index contributed by atoms with van der Waals surface area (Å²) in [5, 5.41) is 0.775. The molecular formula is C14H17N3OS. The third-order valence-electron chi connectivity index (χ3n) is 2.99. The first-order valence-corrected chi connectivity index (χ1v) is 7.10. The number of thioether (sulfide) groups is 1. The lowest BCUT2D eigenvalue weighted by Crippen LogP contribution is -2.32. The Morgan fingerprint density at radius 1 is 1.63 bits per heavy atom. The monoisotopic (exact) mass is 275 g/mol. The van der Waals surface area contributed by atoms with E-state index in [2.05, 4.69) is 30.1 Å². The number of hydrogen-bond donors (Lipinski definition) is 0. The van der Waals surface area contributed by atoms with Crippen molar-refractivity contribution in [1.29, 1.82) is 0 Å². The maximum absolute atomic E-state index is 12.4. The van der Waals surface area contributed by atoms with Gasteiger partial charge in [-0.2, -0.15) is 0 Å². The van der Waals surface area contributed by atoms with Crippen molar-refractivity contribution < 1.29 is 0 Å². The average molecular weight is 275 g/mol. The summed E-state index contributed by atoms with van der Waals surface area (Å²) in [7, 11) is 0. The van der Waals surface area contributed by atoms with Gasteiger partial charge in [-0.15, -0.1) is 0 Å². The van der Waals surface area contributed by atoms with E-state index in [1.54, 1.807) is 29.5 Å². The molecule has 0 amide bonds. The minimum atomic E-state index is 0.0206. The summed E-state index contributed by atoms with van der Waals surface area (Å²) in [6.45, 7) is 12.1. The molecule has 1 aromatic rings. The van der Waals surface area contributed by atoms with Crippen LogP contribution in [0.5, 0.6) is 0 Å². The zero-order valence-corrected chi connectivity index (χ0v) is 12.0. The summed E-state index contributed by atoms with van der Waals surface area (Å²) in [6.07, 6.45) is 3.01. The lowest BCUT2D eigenvalue weighted by molar-refractivity contribution is 0.457. The van der Waals surface area contributed by atoms with E-state index in [1.165, 1.54) is 6.20 Å². The van der Waals surface area contributed by atoms with Gasteiger partial charge in [0, 0.05) is 35.8 Å². The Kier molecular flexibility index (Phi) is 4.04. The van der Waals surface area contributed by atoms with Crippen LogP contribution in [0.4, 0.5) is 0 Å². The molecule has 0 spiro atoms. The van der Waals surface area contributed by atoms with Gasteiger partial charge in [-0.25, -0.2) is 4.98 Å². The van der Waals surface area contributed by atoms with Crippen molar-refractivity contribution >= 4 is 23.5 Å². The highest BCUT2D eigenvalue weighted by Gasteiger charge is 2.21. The molecule has 0 aliphatic carbocycles. The molecule has 1 atom stereocenters. The second kappa shape index (κ2) is 5.57.